The van der Waals surface area contributed by atoms with Crippen molar-refractivity contribution < 1.29 is 0 Å². The maximum Gasteiger partial charge on any atom is -0.00201 e. The summed E-state index contributed by atoms with van der Waals surface area (Å²) in [6.45, 7) is 13.3. The van der Waals surface area contributed by atoms with Gasteiger partial charge in [0.15, 0.2) is 0 Å². The van der Waals surface area contributed by atoms with Crippen LogP contribution in [0.2, 0.25) is 0 Å². The lowest BCUT2D eigenvalue weighted by molar-refractivity contribution is 1.08. The van der Waals surface area contributed by atoms with Crippen LogP contribution in [0.15, 0.2) is 24.3 Å². The van der Waals surface area contributed by atoms with E-state index in [4.69, 9.17) is 0 Å². The van der Waals surface area contributed by atoms with Crippen molar-refractivity contribution >= 4 is 0 Å². The van der Waals surface area contributed by atoms with Crippen molar-refractivity contribution in [2.75, 3.05) is 0 Å². The Kier molecular flexibility index (Phi) is 3.80. The Morgan fingerprint density at radius 1 is 0.632 bits per heavy atom. The first-order valence-corrected chi connectivity index (χ1v) is 7.02. The van der Waals surface area contributed by atoms with Crippen molar-refractivity contribution in [2.24, 2.45) is 0 Å². The Bertz CT molecular complexity index is 572. The Hall–Kier alpha value is -1.56. The van der Waals surface area contributed by atoms with Crippen LogP contribution in [-0.4, -0.2) is 0 Å². The highest BCUT2D eigenvalue weighted by Crippen LogP contribution is 2.25. The lowest BCUT2D eigenvalue weighted by atomic mass is 9.89. The molecular formula is C19H24. The van der Waals surface area contributed by atoms with E-state index in [1.807, 2.05) is 0 Å². The highest BCUT2D eigenvalue weighted by Gasteiger charge is 2.09. The predicted molar refractivity (Wildman–Crippen MR) is 84.1 cm³/mol. The number of aryl methyl sites for hydroxylation is 4. The van der Waals surface area contributed by atoms with Crippen molar-refractivity contribution in [3.8, 4) is 0 Å². The van der Waals surface area contributed by atoms with E-state index in [2.05, 4.69) is 65.8 Å². The number of rotatable bonds is 2. The Morgan fingerprint density at radius 2 is 1.11 bits per heavy atom. The van der Waals surface area contributed by atoms with Gasteiger partial charge in [0.2, 0.25) is 0 Å². The van der Waals surface area contributed by atoms with Crippen LogP contribution >= 0.6 is 0 Å². The summed E-state index contributed by atoms with van der Waals surface area (Å²) in [7, 11) is 0. The van der Waals surface area contributed by atoms with Crippen LogP contribution in [0.25, 0.3) is 0 Å². The molecule has 0 spiro atoms. The second-order valence-electron chi connectivity index (χ2n) is 5.91. The minimum absolute atomic E-state index is 1.04. The number of hydrogen-bond acceptors (Lipinski definition) is 0. The van der Waals surface area contributed by atoms with Crippen LogP contribution in [0.3, 0.4) is 0 Å². The average Bonchev–Trinajstić information content (AvgIpc) is 2.31. The summed E-state index contributed by atoms with van der Waals surface area (Å²) in [5.74, 6) is 0. The smallest absolute Gasteiger partial charge is 0.00201 e. The van der Waals surface area contributed by atoms with Crippen LogP contribution in [0.1, 0.15) is 44.5 Å². The molecule has 2 aromatic carbocycles. The first kappa shape index (κ1) is 13.9. The van der Waals surface area contributed by atoms with Crippen molar-refractivity contribution in [3.05, 3.63) is 68.8 Å². The van der Waals surface area contributed by atoms with Gasteiger partial charge in [-0.05, 0) is 81.3 Å². The van der Waals surface area contributed by atoms with Gasteiger partial charge in [-0.15, -0.1) is 0 Å². The molecule has 0 heterocycles. The molecule has 0 unspecified atom stereocenters. The van der Waals surface area contributed by atoms with Crippen molar-refractivity contribution in [1.82, 2.24) is 0 Å². The Balaban J connectivity index is 2.49. The molecule has 0 fully saturated rings. The van der Waals surface area contributed by atoms with Crippen LogP contribution < -0.4 is 0 Å². The largest absolute Gasteiger partial charge is 0.0564 e. The van der Waals surface area contributed by atoms with E-state index >= 15 is 0 Å². The molecule has 0 saturated heterocycles. The van der Waals surface area contributed by atoms with Crippen LogP contribution in [-0.2, 0) is 6.42 Å². The fourth-order valence-electron chi connectivity index (χ4n) is 2.94. The zero-order valence-corrected chi connectivity index (χ0v) is 13.0. The summed E-state index contributed by atoms with van der Waals surface area (Å²) in [6, 6.07) is 9.16. The number of benzene rings is 2. The summed E-state index contributed by atoms with van der Waals surface area (Å²) in [6.07, 6.45) is 1.04. The minimum atomic E-state index is 1.04. The average molecular weight is 252 g/mol. The van der Waals surface area contributed by atoms with E-state index in [0.717, 1.165) is 6.42 Å². The van der Waals surface area contributed by atoms with Gasteiger partial charge in [0.05, 0.1) is 0 Å². The summed E-state index contributed by atoms with van der Waals surface area (Å²) >= 11 is 0. The summed E-state index contributed by atoms with van der Waals surface area (Å²) < 4.78 is 0. The standard InChI is InChI=1S/C19H24/c1-12-7-13(2)9-18(8-12)11-19-16(5)14(3)10-15(4)17(19)6/h7-10H,11H2,1-6H3. The molecule has 0 aliphatic carbocycles. The molecule has 0 amide bonds. The highest BCUT2D eigenvalue weighted by molar-refractivity contribution is 5.46. The zero-order chi connectivity index (χ0) is 14.2. The van der Waals surface area contributed by atoms with E-state index in [1.54, 1.807) is 0 Å². The van der Waals surface area contributed by atoms with Gasteiger partial charge in [-0.25, -0.2) is 0 Å². The molecule has 100 valence electrons. The third-order valence-electron chi connectivity index (χ3n) is 4.18. The lowest BCUT2D eigenvalue weighted by Gasteiger charge is -2.16. The molecule has 19 heavy (non-hydrogen) atoms. The van der Waals surface area contributed by atoms with E-state index in [1.165, 1.54) is 44.5 Å². The molecular weight excluding hydrogens is 228 g/mol. The van der Waals surface area contributed by atoms with E-state index < -0.39 is 0 Å². The Morgan fingerprint density at radius 3 is 1.58 bits per heavy atom. The monoisotopic (exact) mass is 252 g/mol. The fourth-order valence-corrected chi connectivity index (χ4v) is 2.94. The predicted octanol–water partition coefficient (Wildman–Crippen LogP) is 5.13. The zero-order valence-electron chi connectivity index (χ0n) is 13.0. The molecule has 0 aromatic heterocycles. The lowest BCUT2D eigenvalue weighted by Crippen LogP contribution is -2.01. The maximum atomic E-state index is 2.31. The van der Waals surface area contributed by atoms with Crippen molar-refractivity contribution in [1.29, 1.82) is 0 Å². The minimum Gasteiger partial charge on any atom is -0.0564 e. The molecule has 0 aliphatic rings. The topological polar surface area (TPSA) is 0 Å². The third-order valence-corrected chi connectivity index (χ3v) is 4.18. The highest BCUT2D eigenvalue weighted by atomic mass is 14.1. The molecule has 0 bridgehead atoms. The van der Waals surface area contributed by atoms with E-state index in [9.17, 15) is 0 Å². The second-order valence-corrected chi connectivity index (χ2v) is 5.91. The quantitative estimate of drug-likeness (QED) is 0.695. The molecule has 0 nitrogen and oxygen atoms in total. The van der Waals surface area contributed by atoms with Gasteiger partial charge in [-0.1, -0.05) is 35.4 Å². The van der Waals surface area contributed by atoms with Gasteiger partial charge in [-0.3, -0.25) is 0 Å². The SMILES string of the molecule is Cc1cc(C)cc(Cc2c(C)c(C)cc(C)c2C)c1. The van der Waals surface area contributed by atoms with Crippen molar-refractivity contribution in [3.63, 3.8) is 0 Å². The molecule has 0 N–H and O–H groups in total. The molecule has 0 aliphatic heterocycles. The maximum absolute atomic E-state index is 2.31. The van der Waals surface area contributed by atoms with Gasteiger partial charge in [-0.2, -0.15) is 0 Å². The van der Waals surface area contributed by atoms with Gasteiger partial charge in [0.1, 0.15) is 0 Å². The van der Waals surface area contributed by atoms with Crippen molar-refractivity contribution in [2.45, 2.75) is 48.0 Å². The summed E-state index contributed by atoms with van der Waals surface area (Å²) in [4.78, 5) is 0. The molecule has 2 aromatic rings. The second kappa shape index (κ2) is 5.21. The van der Waals surface area contributed by atoms with E-state index in [-0.39, 0.29) is 0 Å². The normalized spacial score (nSPS) is 10.8. The first-order valence-electron chi connectivity index (χ1n) is 7.02. The summed E-state index contributed by atoms with van der Waals surface area (Å²) in [5.41, 5.74) is 11.3. The van der Waals surface area contributed by atoms with E-state index in [0.29, 0.717) is 0 Å². The van der Waals surface area contributed by atoms with Crippen LogP contribution in [0.5, 0.6) is 0 Å². The van der Waals surface area contributed by atoms with Gasteiger partial charge in [0, 0.05) is 0 Å². The summed E-state index contributed by atoms with van der Waals surface area (Å²) in [5, 5.41) is 0. The molecule has 0 atom stereocenters. The molecule has 0 heteroatoms. The van der Waals surface area contributed by atoms with Crippen LogP contribution in [0.4, 0.5) is 0 Å². The molecule has 2 rings (SSSR count). The third kappa shape index (κ3) is 2.89. The molecule has 0 radical (unpaired) electrons. The Labute approximate surface area is 117 Å². The molecule has 0 saturated carbocycles. The van der Waals surface area contributed by atoms with Gasteiger partial charge < -0.3 is 0 Å². The fraction of sp³-hybridized carbons (Fsp3) is 0.368. The number of hydrogen-bond donors (Lipinski definition) is 0. The van der Waals surface area contributed by atoms with Crippen LogP contribution in [0, 0.1) is 41.5 Å². The van der Waals surface area contributed by atoms with Gasteiger partial charge in [0.25, 0.3) is 0 Å². The first-order chi connectivity index (χ1) is 8.88. The van der Waals surface area contributed by atoms with Gasteiger partial charge >= 0.3 is 0 Å².